The number of likely N-dealkylation sites (tertiary alicyclic amines) is 1. The summed E-state index contributed by atoms with van der Waals surface area (Å²) in [7, 11) is 0. The number of para-hydroxylation sites is 1. The zero-order valence-electron chi connectivity index (χ0n) is 22.3. The molecule has 1 aromatic carbocycles. The molecule has 4 unspecified atom stereocenters. The molecule has 1 fully saturated rings. The van der Waals surface area contributed by atoms with Gasteiger partial charge in [0.15, 0.2) is 0 Å². The molecule has 214 valence electrons. The fourth-order valence-electron chi connectivity index (χ4n) is 4.97. The summed E-state index contributed by atoms with van der Waals surface area (Å²) in [5.74, 6) is -1.88. The quantitative estimate of drug-likeness (QED) is 0.174. The SMILES string of the molecule is CSCCC(N)C(=O)N1CCCC1C(=O)NC(Cc1c[nH]c2ccccc12)C(=O)NC(Cc1cnc[nH]1)C(=O)O. The molecule has 0 aliphatic carbocycles. The second-order valence-electron chi connectivity index (χ2n) is 9.88. The summed E-state index contributed by atoms with van der Waals surface area (Å²) in [6.45, 7) is 0.411. The molecule has 2 aromatic heterocycles. The van der Waals surface area contributed by atoms with Crippen LogP contribution in [-0.4, -0.2) is 91.4 Å². The number of carboxylic acid groups (broad SMARTS) is 1. The van der Waals surface area contributed by atoms with Gasteiger partial charge in [-0.05, 0) is 42.9 Å². The molecule has 1 aliphatic heterocycles. The van der Waals surface area contributed by atoms with Gasteiger partial charge in [0.1, 0.15) is 18.1 Å². The number of amides is 3. The van der Waals surface area contributed by atoms with Crippen LogP contribution in [0.4, 0.5) is 0 Å². The number of carboxylic acids is 1. The molecule has 12 nitrogen and oxygen atoms in total. The maximum atomic E-state index is 13.5. The van der Waals surface area contributed by atoms with Gasteiger partial charge in [0.05, 0.1) is 12.4 Å². The van der Waals surface area contributed by atoms with Crippen molar-refractivity contribution in [3.05, 3.63) is 54.2 Å². The second kappa shape index (κ2) is 13.5. The second-order valence-corrected chi connectivity index (χ2v) is 10.9. The van der Waals surface area contributed by atoms with Gasteiger partial charge < -0.3 is 36.3 Å². The number of benzene rings is 1. The molecule has 3 aromatic rings. The van der Waals surface area contributed by atoms with E-state index in [1.165, 1.54) is 17.4 Å². The number of nitrogens with one attached hydrogen (secondary N) is 4. The molecule has 1 aliphatic rings. The maximum Gasteiger partial charge on any atom is 0.326 e. The number of hydrogen-bond acceptors (Lipinski definition) is 7. The maximum absolute atomic E-state index is 13.5. The summed E-state index contributed by atoms with van der Waals surface area (Å²) >= 11 is 1.59. The largest absolute Gasteiger partial charge is 0.480 e. The Kier molecular flexibility index (Phi) is 9.83. The lowest BCUT2D eigenvalue weighted by molar-refractivity contribution is -0.143. The first-order chi connectivity index (χ1) is 19.3. The third-order valence-electron chi connectivity index (χ3n) is 7.11. The molecule has 4 rings (SSSR count). The van der Waals surface area contributed by atoms with Crippen LogP contribution in [0.3, 0.4) is 0 Å². The van der Waals surface area contributed by atoms with Gasteiger partial charge in [-0.1, -0.05) is 18.2 Å². The molecule has 13 heteroatoms. The molecule has 0 bridgehead atoms. The average molecular weight is 570 g/mol. The third-order valence-corrected chi connectivity index (χ3v) is 7.76. The van der Waals surface area contributed by atoms with Crippen LogP contribution < -0.4 is 16.4 Å². The normalized spacial score (nSPS) is 17.4. The van der Waals surface area contributed by atoms with Gasteiger partial charge in [-0.15, -0.1) is 0 Å². The van der Waals surface area contributed by atoms with Gasteiger partial charge in [0.25, 0.3) is 0 Å². The number of aromatic amines is 2. The van der Waals surface area contributed by atoms with Gasteiger partial charge in [-0.25, -0.2) is 9.78 Å². The number of aliphatic carboxylic acids is 1. The summed E-state index contributed by atoms with van der Waals surface area (Å²) in [5, 5.41) is 16.0. The van der Waals surface area contributed by atoms with Crippen LogP contribution in [0.25, 0.3) is 10.9 Å². The molecule has 3 amide bonds. The summed E-state index contributed by atoms with van der Waals surface area (Å²) in [6.07, 6.45) is 8.33. The number of nitrogens with two attached hydrogens (primary N) is 1. The first-order valence-corrected chi connectivity index (χ1v) is 14.6. The fraction of sp³-hybridized carbons (Fsp3) is 0.444. The predicted octanol–water partition coefficient (Wildman–Crippen LogP) is 0.802. The van der Waals surface area contributed by atoms with Crippen molar-refractivity contribution in [1.29, 1.82) is 0 Å². The highest BCUT2D eigenvalue weighted by Crippen LogP contribution is 2.22. The fourth-order valence-corrected chi connectivity index (χ4v) is 5.46. The van der Waals surface area contributed by atoms with Gasteiger partial charge in [0.2, 0.25) is 17.7 Å². The highest BCUT2D eigenvalue weighted by molar-refractivity contribution is 7.98. The minimum atomic E-state index is -1.24. The first-order valence-electron chi connectivity index (χ1n) is 13.2. The lowest BCUT2D eigenvalue weighted by atomic mass is 10.0. The van der Waals surface area contributed by atoms with Crippen LogP contribution in [0.15, 0.2) is 43.0 Å². The van der Waals surface area contributed by atoms with E-state index >= 15 is 0 Å². The van der Waals surface area contributed by atoms with E-state index in [-0.39, 0.29) is 18.7 Å². The number of thioether (sulfide) groups is 1. The standard InChI is InChI=1S/C27H35N7O5S/c1-40-10-8-19(28)26(37)34-9-4-7-23(34)25(36)32-21(11-16-13-30-20-6-3-2-5-18(16)20)24(35)33-22(27(38)39)12-17-14-29-15-31-17/h2-3,5-6,13-15,19,21-23,30H,4,7-12,28H2,1H3,(H,29,31)(H,32,36)(H,33,35)(H,38,39). The molecule has 7 N–H and O–H groups in total. The average Bonchev–Trinajstić information content (AvgIpc) is 3.72. The number of H-pyrrole nitrogens is 2. The Morgan fingerprint density at radius 1 is 1.18 bits per heavy atom. The van der Waals surface area contributed by atoms with Crippen molar-refractivity contribution in [3.8, 4) is 0 Å². The van der Waals surface area contributed by atoms with E-state index in [4.69, 9.17) is 5.73 Å². The number of aromatic nitrogens is 3. The number of fused-ring (bicyclic) bond motifs is 1. The highest BCUT2D eigenvalue weighted by Gasteiger charge is 2.38. The Labute approximate surface area is 235 Å². The first kappa shape index (κ1) is 29.2. The number of rotatable bonds is 13. The Bertz CT molecular complexity index is 1330. The smallest absolute Gasteiger partial charge is 0.326 e. The summed E-state index contributed by atoms with van der Waals surface area (Å²) in [5.41, 5.74) is 8.31. The Hall–Kier alpha value is -3.84. The van der Waals surface area contributed by atoms with Crippen molar-refractivity contribution >= 4 is 46.4 Å². The Balaban J connectivity index is 1.53. The number of imidazole rings is 1. The molecule has 40 heavy (non-hydrogen) atoms. The number of hydrogen-bond donors (Lipinski definition) is 6. The van der Waals surface area contributed by atoms with Crippen molar-refractivity contribution in [1.82, 2.24) is 30.5 Å². The highest BCUT2D eigenvalue weighted by atomic mass is 32.2. The van der Waals surface area contributed by atoms with Crippen LogP contribution in [-0.2, 0) is 32.0 Å². The van der Waals surface area contributed by atoms with E-state index in [1.807, 2.05) is 30.5 Å². The van der Waals surface area contributed by atoms with Crippen LogP contribution >= 0.6 is 11.8 Å². The predicted molar refractivity (Wildman–Crippen MR) is 152 cm³/mol. The van der Waals surface area contributed by atoms with Crippen molar-refractivity contribution < 1.29 is 24.3 Å². The summed E-state index contributed by atoms with van der Waals surface area (Å²) in [6, 6.07) is 3.78. The van der Waals surface area contributed by atoms with Gasteiger partial charge in [-0.3, -0.25) is 14.4 Å². The minimum Gasteiger partial charge on any atom is -0.480 e. The van der Waals surface area contributed by atoms with Crippen molar-refractivity contribution in [2.75, 3.05) is 18.6 Å². The topological polar surface area (TPSA) is 186 Å². The van der Waals surface area contributed by atoms with E-state index in [0.29, 0.717) is 31.5 Å². The van der Waals surface area contributed by atoms with Gasteiger partial charge >= 0.3 is 5.97 Å². The van der Waals surface area contributed by atoms with E-state index in [0.717, 1.165) is 22.2 Å². The van der Waals surface area contributed by atoms with Gasteiger partial charge in [0, 0.05) is 48.4 Å². The van der Waals surface area contributed by atoms with Crippen LogP contribution in [0, 0.1) is 0 Å². The zero-order valence-corrected chi connectivity index (χ0v) is 23.1. The summed E-state index contributed by atoms with van der Waals surface area (Å²) in [4.78, 5) is 63.4. The number of nitrogens with zero attached hydrogens (tertiary/aromatic N) is 2. The molecule has 0 radical (unpaired) electrons. The molecule has 1 saturated heterocycles. The van der Waals surface area contributed by atoms with Crippen molar-refractivity contribution in [2.24, 2.45) is 5.73 Å². The molecule has 4 atom stereocenters. The lowest BCUT2D eigenvalue weighted by Gasteiger charge is -2.28. The van der Waals surface area contributed by atoms with E-state index < -0.39 is 42.0 Å². The summed E-state index contributed by atoms with van der Waals surface area (Å²) < 4.78 is 0. The Morgan fingerprint density at radius 3 is 2.70 bits per heavy atom. The van der Waals surface area contributed by atoms with Crippen molar-refractivity contribution in [3.63, 3.8) is 0 Å². The molecule has 3 heterocycles. The Morgan fingerprint density at radius 2 is 1.98 bits per heavy atom. The molecule has 0 saturated carbocycles. The lowest BCUT2D eigenvalue weighted by Crippen LogP contribution is -2.57. The van der Waals surface area contributed by atoms with Crippen LogP contribution in [0.1, 0.15) is 30.5 Å². The monoisotopic (exact) mass is 569 g/mol. The van der Waals surface area contributed by atoms with E-state index in [9.17, 15) is 24.3 Å². The zero-order chi connectivity index (χ0) is 28.6. The molecule has 0 spiro atoms. The number of carbonyl (C=O) groups is 4. The number of carbonyl (C=O) groups excluding carboxylic acids is 3. The van der Waals surface area contributed by atoms with Crippen LogP contribution in [0.5, 0.6) is 0 Å². The third kappa shape index (κ3) is 7.02. The molecular formula is C27H35N7O5S. The van der Waals surface area contributed by atoms with Crippen LogP contribution in [0.2, 0.25) is 0 Å². The molecular weight excluding hydrogens is 534 g/mol. The van der Waals surface area contributed by atoms with Crippen molar-refractivity contribution in [2.45, 2.75) is 56.3 Å². The van der Waals surface area contributed by atoms with Gasteiger partial charge in [-0.2, -0.15) is 11.8 Å². The van der Waals surface area contributed by atoms with E-state index in [2.05, 4.69) is 25.6 Å². The van der Waals surface area contributed by atoms with E-state index in [1.54, 1.807) is 18.0 Å². The minimum absolute atomic E-state index is 0.00629.